The summed E-state index contributed by atoms with van der Waals surface area (Å²) >= 11 is 0. The summed E-state index contributed by atoms with van der Waals surface area (Å²) in [5, 5.41) is 13.5. The van der Waals surface area contributed by atoms with Crippen LogP contribution in [0.1, 0.15) is 42.5 Å². The Balaban J connectivity index is 1.20. The van der Waals surface area contributed by atoms with Crippen molar-refractivity contribution in [1.82, 2.24) is 25.4 Å². The number of amides is 3. The van der Waals surface area contributed by atoms with Crippen molar-refractivity contribution in [2.45, 2.75) is 44.7 Å². The standard InChI is InChI=1S/C22H26N6O3/c29-20(9-10-23-22(31)18-12-24-19-8-4-3-7-17(18)19)27-16-11-25-28(13-16)14-21(30)26-15-5-1-2-6-15/h3-4,7-8,11-13,15,24H,1-2,5-6,9-10,14H2,(H,23,31)(H,26,30)(H,27,29). The van der Waals surface area contributed by atoms with Crippen LogP contribution < -0.4 is 16.0 Å². The van der Waals surface area contributed by atoms with Gasteiger partial charge in [-0.2, -0.15) is 5.10 Å². The molecule has 3 amide bonds. The summed E-state index contributed by atoms with van der Waals surface area (Å²) in [4.78, 5) is 39.7. The van der Waals surface area contributed by atoms with Crippen LogP contribution in [-0.4, -0.2) is 45.1 Å². The maximum absolute atomic E-state index is 12.4. The van der Waals surface area contributed by atoms with Crippen molar-refractivity contribution in [2.75, 3.05) is 11.9 Å². The zero-order chi connectivity index (χ0) is 21.6. The van der Waals surface area contributed by atoms with Crippen molar-refractivity contribution in [3.05, 3.63) is 48.4 Å². The third-order valence-electron chi connectivity index (χ3n) is 5.41. The molecule has 9 heteroatoms. The maximum Gasteiger partial charge on any atom is 0.253 e. The van der Waals surface area contributed by atoms with Gasteiger partial charge in [-0.3, -0.25) is 19.1 Å². The molecular weight excluding hydrogens is 396 g/mol. The van der Waals surface area contributed by atoms with Crippen molar-refractivity contribution >= 4 is 34.3 Å². The van der Waals surface area contributed by atoms with Gasteiger partial charge in [0.1, 0.15) is 6.54 Å². The van der Waals surface area contributed by atoms with Gasteiger partial charge in [0.2, 0.25) is 11.8 Å². The van der Waals surface area contributed by atoms with E-state index in [-0.39, 0.29) is 43.3 Å². The lowest BCUT2D eigenvalue weighted by atomic mass is 10.1. The van der Waals surface area contributed by atoms with E-state index in [9.17, 15) is 14.4 Å². The molecule has 4 N–H and O–H groups in total. The molecule has 3 aromatic rings. The quantitative estimate of drug-likeness (QED) is 0.445. The highest BCUT2D eigenvalue weighted by Gasteiger charge is 2.17. The van der Waals surface area contributed by atoms with Gasteiger partial charge in [-0.25, -0.2) is 0 Å². The lowest BCUT2D eigenvalue weighted by Crippen LogP contribution is -2.35. The lowest BCUT2D eigenvalue weighted by molar-refractivity contribution is -0.122. The molecule has 1 aliphatic rings. The van der Waals surface area contributed by atoms with E-state index in [1.807, 2.05) is 24.3 Å². The molecule has 1 aliphatic carbocycles. The van der Waals surface area contributed by atoms with Gasteiger partial charge in [-0.15, -0.1) is 0 Å². The van der Waals surface area contributed by atoms with Gasteiger partial charge in [0, 0.05) is 42.3 Å². The van der Waals surface area contributed by atoms with Gasteiger partial charge in [-0.1, -0.05) is 31.0 Å². The van der Waals surface area contributed by atoms with Gasteiger partial charge in [0.05, 0.1) is 17.4 Å². The molecule has 31 heavy (non-hydrogen) atoms. The first-order valence-corrected chi connectivity index (χ1v) is 10.5. The van der Waals surface area contributed by atoms with Gasteiger partial charge in [-0.05, 0) is 18.9 Å². The first-order chi connectivity index (χ1) is 15.1. The van der Waals surface area contributed by atoms with Crippen molar-refractivity contribution in [3.63, 3.8) is 0 Å². The predicted octanol–water partition coefficient (Wildman–Crippen LogP) is 2.18. The largest absolute Gasteiger partial charge is 0.360 e. The Bertz CT molecular complexity index is 1080. The number of aromatic amines is 1. The summed E-state index contributed by atoms with van der Waals surface area (Å²) < 4.78 is 1.50. The van der Waals surface area contributed by atoms with Crippen molar-refractivity contribution in [3.8, 4) is 0 Å². The summed E-state index contributed by atoms with van der Waals surface area (Å²) in [6.45, 7) is 0.329. The summed E-state index contributed by atoms with van der Waals surface area (Å²) in [6.07, 6.45) is 9.29. The fraction of sp³-hybridized carbons (Fsp3) is 0.364. The van der Waals surface area contributed by atoms with Gasteiger partial charge < -0.3 is 20.9 Å². The Morgan fingerprint density at radius 1 is 1.13 bits per heavy atom. The molecule has 162 valence electrons. The number of nitrogens with zero attached hydrogens (tertiary/aromatic N) is 2. The first-order valence-electron chi connectivity index (χ1n) is 10.5. The fourth-order valence-corrected chi connectivity index (χ4v) is 3.87. The molecule has 0 spiro atoms. The van der Waals surface area contributed by atoms with Crippen LogP contribution in [0.2, 0.25) is 0 Å². The molecular formula is C22H26N6O3. The van der Waals surface area contributed by atoms with Crippen LogP contribution in [0.25, 0.3) is 10.9 Å². The number of nitrogens with one attached hydrogen (secondary N) is 4. The van der Waals surface area contributed by atoms with Gasteiger partial charge in [0.15, 0.2) is 0 Å². The third-order valence-corrected chi connectivity index (χ3v) is 5.41. The zero-order valence-corrected chi connectivity index (χ0v) is 17.2. The second-order valence-electron chi connectivity index (χ2n) is 7.78. The lowest BCUT2D eigenvalue weighted by Gasteiger charge is -2.11. The number of para-hydroxylation sites is 1. The highest BCUT2D eigenvalue weighted by atomic mass is 16.2. The van der Waals surface area contributed by atoms with E-state index in [2.05, 4.69) is 26.0 Å². The maximum atomic E-state index is 12.4. The van der Waals surface area contributed by atoms with Crippen LogP contribution >= 0.6 is 0 Å². The number of rotatable bonds is 8. The van der Waals surface area contributed by atoms with E-state index in [1.54, 1.807) is 12.4 Å². The molecule has 2 aromatic heterocycles. The summed E-state index contributed by atoms with van der Waals surface area (Å²) in [5.41, 5.74) is 1.95. The average Bonchev–Trinajstić information content (AvgIpc) is 3.49. The van der Waals surface area contributed by atoms with Crippen molar-refractivity contribution < 1.29 is 14.4 Å². The number of anilines is 1. The molecule has 0 radical (unpaired) electrons. The van der Waals surface area contributed by atoms with Crippen molar-refractivity contribution in [1.29, 1.82) is 0 Å². The summed E-state index contributed by atoms with van der Waals surface area (Å²) in [5.74, 6) is -0.548. The number of fused-ring (bicyclic) bond motifs is 1. The molecule has 1 saturated carbocycles. The van der Waals surface area contributed by atoms with Crippen LogP contribution in [0.3, 0.4) is 0 Å². The van der Waals surface area contributed by atoms with E-state index in [4.69, 9.17) is 0 Å². The molecule has 0 aliphatic heterocycles. The fourth-order valence-electron chi connectivity index (χ4n) is 3.87. The van der Waals surface area contributed by atoms with Gasteiger partial charge >= 0.3 is 0 Å². The molecule has 4 rings (SSSR count). The zero-order valence-electron chi connectivity index (χ0n) is 17.2. The van der Waals surface area contributed by atoms with E-state index in [1.165, 1.54) is 10.9 Å². The highest BCUT2D eigenvalue weighted by Crippen LogP contribution is 2.18. The number of hydrogen-bond donors (Lipinski definition) is 4. The topological polar surface area (TPSA) is 121 Å². The van der Waals surface area contributed by atoms with Crippen LogP contribution in [0.5, 0.6) is 0 Å². The molecule has 9 nitrogen and oxygen atoms in total. The number of H-pyrrole nitrogens is 1. The molecule has 1 aromatic carbocycles. The number of aromatic nitrogens is 3. The minimum Gasteiger partial charge on any atom is -0.360 e. The molecule has 0 unspecified atom stereocenters. The first kappa shape index (κ1) is 20.6. The highest BCUT2D eigenvalue weighted by molar-refractivity contribution is 6.06. The van der Waals surface area contributed by atoms with E-state index >= 15 is 0 Å². The monoisotopic (exact) mass is 422 g/mol. The predicted molar refractivity (Wildman–Crippen MR) is 117 cm³/mol. The number of hydrogen-bond acceptors (Lipinski definition) is 4. The Kier molecular flexibility index (Phi) is 6.30. The van der Waals surface area contributed by atoms with Crippen molar-refractivity contribution in [2.24, 2.45) is 0 Å². The van der Waals surface area contributed by atoms with Gasteiger partial charge in [0.25, 0.3) is 5.91 Å². The Labute approximate surface area is 179 Å². The van der Waals surface area contributed by atoms with Crippen LogP contribution in [0.4, 0.5) is 5.69 Å². The average molecular weight is 422 g/mol. The molecule has 2 heterocycles. The normalized spacial score (nSPS) is 13.9. The molecule has 1 fully saturated rings. The smallest absolute Gasteiger partial charge is 0.253 e. The van der Waals surface area contributed by atoms with E-state index in [0.717, 1.165) is 36.6 Å². The number of carbonyl (C=O) groups excluding carboxylic acids is 3. The second kappa shape index (κ2) is 9.46. The second-order valence-corrected chi connectivity index (χ2v) is 7.78. The Hall–Kier alpha value is -3.62. The summed E-state index contributed by atoms with van der Waals surface area (Å²) in [7, 11) is 0. The number of carbonyl (C=O) groups is 3. The Morgan fingerprint density at radius 3 is 2.77 bits per heavy atom. The molecule has 0 bridgehead atoms. The summed E-state index contributed by atoms with van der Waals surface area (Å²) in [6, 6.07) is 7.81. The minimum atomic E-state index is -0.241. The van der Waals surface area contributed by atoms with Crippen LogP contribution in [0.15, 0.2) is 42.9 Å². The SMILES string of the molecule is O=C(CCNC(=O)c1c[nH]c2ccccc12)Nc1cnn(CC(=O)NC2CCCC2)c1. The third kappa shape index (κ3) is 5.30. The van der Waals surface area contributed by atoms with Crippen LogP contribution in [0, 0.1) is 0 Å². The number of benzene rings is 1. The molecule has 0 saturated heterocycles. The minimum absolute atomic E-state index is 0.0760. The Morgan fingerprint density at radius 2 is 1.94 bits per heavy atom. The van der Waals surface area contributed by atoms with E-state index in [0.29, 0.717) is 11.3 Å². The van der Waals surface area contributed by atoms with E-state index < -0.39 is 0 Å². The van der Waals surface area contributed by atoms with Crippen LogP contribution in [-0.2, 0) is 16.1 Å². The molecule has 0 atom stereocenters.